The van der Waals surface area contributed by atoms with Crippen LogP contribution in [0.25, 0.3) is 0 Å². The molecule has 1 aromatic carbocycles. The zero-order valence-corrected chi connectivity index (χ0v) is 15.2. The molecule has 0 saturated heterocycles. The Morgan fingerprint density at radius 3 is 2.50 bits per heavy atom. The molecule has 2 amide bonds. The van der Waals surface area contributed by atoms with Crippen molar-refractivity contribution in [3.05, 3.63) is 30.3 Å². The molecule has 0 radical (unpaired) electrons. The highest BCUT2D eigenvalue weighted by Gasteiger charge is 2.34. The normalized spacial score (nSPS) is 20.8. The maximum absolute atomic E-state index is 12.8. The molecule has 5 nitrogen and oxygen atoms in total. The molecule has 2 rings (SSSR count). The Hall–Kier alpha value is -1.59. The summed E-state index contributed by atoms with van der Waals surface area (Å²) in [7, 11) is 0. The summed E-state index contributed by atoms with van der Waals surface area (Å²) in [6, 6.07) is 8.94. The summed E-state index contributed by atoms with van der Waals surface area (Å²) >= 11 is 0. The van der Waals surface area contributed by atoms with Crippen LogP contribution in [0, 0.1) is 5.92 Å². The monoisotopic (exact) mass is 353 g/mol. The third kappa shape index (κ3) is 5.21. The van der Waals surface area contributed by atoms with Gasteiger partial charge in [-0.3, -0.25) is 9.59 Å². The van der Waals surface area contributed by atoms with E-state index < -0.39 is 6.04 Å². The molecule has 1 fully saturated rings. The summed E-state index contributed by atoms with van der Waals surface area (Å²) < 4.78 is 0. The maximum Gasteiger partial charge on any atom is 0.246 e. The molecule has 0 spiro atoms. The zero-order chi connectivity index (χ0) is 16.8. The molecule has 3 atom stereocenters. The molecule has 0 heterocycles. The standard InChI is InChI=1S/C18H27N3O2.ClH/c1-3-11-21(18(23)14-9-10-15(19)12-14)13(2)17(22)20-16-7-5-4-6-8-16;/h4-8,13-15H,3,9-12,19H2,1-2H3,(H,20,22);1H. The van der Waals surface area contributed by atoms with Crippen molar-refractivity contribution < 1.29 is 9.59 Å². The number of hydrogen-bond acceptors (Lipinski definition) is 3. The van der Waals surface area contributed by atoms with Crippen LogP contribution in [0.2, 0.25) is 0 Å². The van der Waals surface area contributed by atoms with Gasteiger partial charge in [0.1, 0.15) is 6.04 Å². The Morgan fingerprint density at radius 2 is 1.96 bits per heavy atom. The minimum absolute atomic E-state index is 0. The summed E-state index contributed by atoms with van der Waals surface area (Å²) in [4.78, 5) is 27.0. The van der Waals surface area contributed by atoms with Gasteiger partial charge in [-0.05, 0) is 44.7 Å². The maximum atomic E-state index is 12.8. The Kier molecular flexibility index (Phi) is 8.22. The van der Waals surface area contributed by atoms with Gasteiger partial charge in [-0.15, -0.1) is 12.4 Å². The number of rotatable bonds is 6. The van der Waals surface area contributed by atoms with Crippen LogP contribution in [0.1, 0.15) is 39.5 Å². The van der Waals surface area contributed by atoms with Gasteiger partial charge in [0.2, 0.25) is 11.8 Å². The molecule has 0 bridgehead atoms. The van der Waals surface area contributed by atoms with E-state index in [1.807, 2.05) is 37.3 Å². The third-order valence-electron chi connectivity index (χ3n) is 4.46. The molecule has 3 N–H and O–H groups in total. The zero-order valence-electron chi connectivity index (χ0n) is 14.4. The molecular formula is C18H28ClN3O2. The first kappa shape index (κ1) is 20.5. The quantitative estimate of drug-likeness (QED) is 0.825. The van der Waals surface area contributed by atoms with Gasteiger partial charge in [0.05, 0.1) is 0 Å². The average Bonchev–Trinajstić information content (AvgIpc) is 2.99. The number of halogens is 1. The fraction of sp³-hybridized carbons (Fsp3) is 0.556. The number of carbonyl (C=O) groups excluding carboxylic acids is 2. The number of amides is 2. The third-order valence-corrected chi connectivity index (χ3v) is 4.46. The molecule has 24 heavy (non-hydrogen) atoms. The van der Waals surface area contributed by atoms with Crippen molar-refractivity contribution in [3.8, 4) is 0 Å². The summed E-state index contributed by atoms with van der Waals surface area (Å²) in [5, 5.41) is 2.88. The topological polar surface area (TPSA) is 75.4 Å². The fourth-order valence-electron chi connectivity index (χ4n) is 3.12. The van der Waals surface area contributed by atoms with Crippen LogP contribution in [-0.4, -0.2) is 35.3 Å². The predicted molar refractivity (Wildman–Crippen MR) is 99.1 cm³/mol. The van der Waals surface area contributed by atoms with E-state index in [-0.39, 0.29) is 36.2 Å². The van der Waals surface area contributed by atoms with Crippen LogP contribution in [0.15, 0.2) is 30.3 Å². The van der Waals surface area contributed by atoms with Crippen molar-refractivity contribution in [2.24, 2.45) is 11.7 Å². The van der Waals surface area contributed by atoms with E-state index in [0.717, 1.165) is 31.4 Å². The van der Waals surface area contributed by atoms with Gasteiger partial charge < -0.3 is 16.0 Å². The van der Waals surface area contributed by atoms with E-state index >= 15 is 0 Å². The highest BCUT2D eigenvalue weighted by atomic mass is 35.5. The van der Waals surface area contributed by atoms with Crippen molar-refractivity contribution in [1.82, 2.24) is 4.90 Å². The summed E-state index contributed by atoms with van der Waals surface area (Å²) in [6.45, 7) is 4.40. The van der Waals surface area contributed by atoms with Gasteiger partial charge >= 0.3 is 0 Å². The minimum atomic E-state index is -0.487. The van der Waals surface area contributed by atoms with Crippen molar-refractivity contribution >= 4 is 29.9 Å². The average molecular weight is 354 g/mol. The number of anilines is 1. The molecule has 3 unspecified atom stereocenters. The molecule has 1 aliphatic carbocycles. The number of nitrogens with zero attached hydrogens (tertiary/aromatic N) is 1. The number of carbonyl (C=O) groups is 2. The molecular weight excluding hydrogens is 326 g/mol. The van der Waals surface area contributed by atoms with Crippen LogP contribution in [0.4, 0.5) is 5.69 Å². The second kappa shape index (κ2) is 9.64. The van der Waals surface area contributed by atoms with Crippen LogP contribution < -0.4 is 11.1 Å². The van der Waals surface area contributed by atoms with E-state index in [0.29, 0.717) is 6.54 Å². The second-order valence-electron chi connectivity index (χ2n) is 6.33. The first-order valence-corrected chi connectivity index (χ1v) is 8.45. The first-order chi connectivity index (χ1) is 11.0. The largest absolute Gasteiger partial charge is 0.331 e. The lowest BCUT2D eigenvalue weighted by Crippen LogP contribution is -2.48. The minimum Gasteiger partial charge on any atom is -0.331 e. The van der Waals surface area contributed by atoms with E-state index in [1.165, 1.54) is 0 Å². The van der Waals surface area contributed by atoms with Crippen molar-refractivity contribution in [1.29, 1.82) is 0 Å². The van der Waals surface area contributed by atoms with E-state index in [4.69, 9.17) is 5.73 Å². The lowest BCUT2D eigenvalue weighted by molar-refractivity contribution is -0.141. The molecule has 0 aromatic heterocycles. The van der Waals surface area contributed by atoms with Crippen molar-refractivity contribution in [2.45, 2.75) is 51.6 Å². The highest BCUT2D eigenvalue weighted by Crippen LogP contribution is 2.27. The lowest BCUT2D eigenvalue weighted by atomic mass is 10.0. The SMILES string of the molecule is CCCN(C(=O)C1CCC(N)C1)C(C)C(=O)Nc1ccccc1.Cl. The van der Waals surface area contributed by atoms with E-state index in [1.54, 1.807) is 11.8 Å². The Bertz CT molecular complexity index is 538. The van der Waals surface area contributed by atoms with Crippen LogP contribution in [-0.2, 0) is 9.59 Å². The Morgan fingerprint density at radius 1 is 1.29 bits per heavy atom. The number of nitrogens with two attached hydrogens (primary N) is 1. The number of para-hydroxylation sites is 1. The Labute approximate surface area is 150 Å². The van der Waals surface area contributed by atoms with Gasteiger partial charge in [0.15, 0.2) is 0 Å². The van der Waals surface area contributed by atoms with Crippen molar-refractivity contribution in [3.63, 3.8) is 0 Å². The molecule has 134 valence electrons. The first-order valence-electron chi connectivity index (χ1n) is 8.45. The van der Waals surface area contributed by atoms with Gasteiger partial charge in [0.25, 0.3) is 0 Å². The van der Waals surface area contributed by atoms with Crippen LogP contribution in [0.3, 0.4) is 0 Å². The van der Waals surface area contributed by atoms with E-state index in [2.05, 4.69) is 5.32 Å². The molecule has 1 saturated carbocycles. The second-order valence-corrected chi connectivity index (χ2v) is 6.33. The highest BCUT2D eigenvalue weighted by molar-refractivity contribution is 5.97. The summed E-state index contributed by atoms with van der Waals surface area (Å²) in [5.41, 5.74) is 6.67. The van der Waals surface area contributed by atoms with Crippen molar-refractivity contribution in [2.75, 3.05) is 11.9 Å². The Balaban J connectivity index is 0.00000288. The van der Waals surface area contributed by atoms with Crippen LogP contribution in [0.5, 0.6) is 0 Å². The predicted octanol–water partition coefficient (Wildman–Crippen LogP) is 2.80. The van der Waals surface area contributed by atoms with E-state index in [9.17, 15) is 9.59 Å². The number of benzene rings is 1. The molecule has 0 aliphatic heterocycles. The summed E-state index contributed by atoms with van der Waals surface area (Å²) in [6.07, 6.45) is 3.27. The number of nitrogens with one attached hydrogen (secondary N) is 1. The molecule has 1 aliphatic rings. The van der Waals surface area contributed by atoms with Gasteiger partial charge in [-0.25, -0.2) is 0 Å². The number of hydrogen-bond donors (Lipinski definition) is 2. The van der Waals surface area contributed by atoms with Gasteiger partial charge in [-0.2, -0.15) is 0 Å². The summed E-state index contributed by atoms with van der Waals surface area (Å²) in [5.74, 6) is -0.126. The smallest absolute Gasteiger partial charge is 0.246 e. The van der Waals surface area contributed by atoms with Gasteiger partial charge in [-0.1, -0.05) is 25.1 Å². The molecule has 6 heteroatoms. The van der Waals surface area contributed by atoms with Crippen LogP contribution >= 0.6 is 12.4 Å². The van der Waals surface area contributed by atoms with Gasteiger partial charge in [0, 0.05) is 24.2 Å². The fourth-order valence-corrected chi connectivity index (χ4v) is 3.12. The lowest BCUT2D eigenvalue weighted by Gasteiger charge is -2.30. The molecule has 1 aromatic rings.